The van der Waals surface area contributed by atoms with E-state index in [1.165, 1.54) is 4.88 Å². The molecule has 0 aliphatic carbocycles. The molecular weight excluding hydrogens is 326 g/mol. The molecule has 0 spiro atoms. The second-order valence-corrected chi connectivity index (χ2v) is 5.96. The molecule has 6 heteroatoms. The van der Waals surface area contributed by atoms with E-state index in [0.29, 0.717) is 22.3 Å². The van der Waals surface area contributed by atoms with Crippen LogP contribution in [-0.4, -0.2) is 10.9 Å². The molecular formula is C13H14BrN3OS. The fourth-order valence-corrected chi connectivity index (χ4v) is 2.82. The van der Waals surface area contributed by atoms with Crippen molar-refractivity contribution in [3.63, 3.8) is 0 Å². The third kappa shape index (κ3) is 3.33. The fraction of sp³-hybridized carbons (Fsp3) is 0.231. The average Bonchev–Trinajstić information content (AvgIpc) is 2.87. The average molecular weight is 340 g/mol. The van der Waals surface area contributed by atoms with Gasteiger partial charge in [-0.15, -0.1) is 11.3 Å². The van der Waals surface area contributed by atoms with Crippen molar-refractivity contribution in [1.82, 2.24) is 10.3 Å². The number of nitrogens with one attached hydrogen (secondary N) is 1. The molecule has 19 heavy (non-hydrogen) atoms. The number of amides is 1. The van der Waals surface area contributed by atoms with E-state index in [1.807, 2.05) is 6.20 Å². The van der Waals surface area contributed by atoms with Crippen molar-refractivity contribution in [1.29, 1.82) is 0 Å². The molecule has 0 saturated carbocycles. The lowest BCUT2D eigenvalue weighted by Crippen LogP contribution is -2.23. The van der Waals surface area contributed by atoms with Crippen LogP contribution < -0.4 is 11.1 Å². The molecule has 0 radical (unpaired) electrons. The smallest absolute Gasteiger partial charge is 0.252 e. The molecule has 0 bridgehead atoms. The van der Waals surface area contributed by atoms with Gasteiger partial charge in [-0.1, -0.05) is 13.0 Å². The summed E-state index contributed by atoms with van der Waals surface area (Å²) in [6, 6.07) is 5.23. The lowest BCUT2D eigenvalue weighted by atomic mass is 10.2. The summed E-state index contributed by atoms with van der Waals surface area (Å²) in [7, 11) is 0. The van der Waals surface area contributed by atoms with E-state index in [1.54, 1.807) is 29.5 Å². The molecule has 4 nitrogen and oxygen atoms in total. The Balaban J connectivity index is 2.03. The maximum atomic E-state index is 12.0. The van der Waals surface area contributed by atoms with Gasteiger partial charge in [0.1, 0.15) is 5.01 Å². The summed E-state index contributed by atoms with van der Waals surface area (Å²) < 4.78 is 0.626. The number of carbonyl (C=O) groups excluding carboxylic acids is 1. The van der Waals surface area contributed by atoms with Crippen molar-refractivity contribution < 1.29 is 4.79 Å². The van der Waals surface area contributed by atoms with Gasteiger partial charge < -0.3 is 11.1 Å². The third-order valence-electron chi connectivity index (χ3n) is 2.62. The minimum Gasteiger partial charge on any atom is -0.398 e. The second kappa shape index (κ2) is 6.16. The number of hydrogen-bond donors (Lipinski definition) is 2. The molecule has 0 aliphatic heterocycles. The summed E-state index contributed by atoms with van der Waals surface area (Å²) >= 11 is 4.94. The van der Waals surface area contributed by atoms with E-state index in [0.717, 1.165) is 11.4 Å². The molecule has 0 saturated heterocycles. The van der Waals surface area contributed by atoms with Crippen molar-refractivity contribution >= 4 is 38.9 Å². The van der Waals surface area contributed by atoms with E-state index in [-0.39, 0.29) is 5.91 Å². The standard InChI is InChI=1S/C13H14BrN3OS/c1-2-8-6-16-11(19-8)7-17-13(18)9-4-3-5-10(15)12(9)14/h3-6H,2,7,15H2,1H3,(H,17,18). The zero-order chi connectivity index (χ0) is 13.8. The number of carbonyl (C=O) groups is 1. The Morgan fingerprint density at radius 2 is 2.32 bits per heavy atom. The van der Waals surface area contributed by atoms with Gasteiger partial charge in [-0.3, -0.25) is 4.79 Å². The number of anilines is 1. The van der Waals surface area contributed by atoms with E-state index in [2.05, 4.69) is 33.2 Å². The maximum Gasteiger partial charge on any atom is 0.252 e. The zero-order valence-electron chi connectivity index (χ0n) is 10.4. The van der Waals surface area contributed by atoms with E-state index < -0.39 is 0 Å². The van der Waals surface area contributed by atoms with Gasteiger partial charge in [0.2, 0.25) is 0 Å². The highest BCUT2D eigenvalue weighted by molar-refractivity contribution is 9.10. The van der Waals surface area contributed by atoms with Crippen LogP contribution >= 0.6 is 27.3 Å². The minimum atomic E-state index is -0.160. The lowest BCUT2D eigenvalue weighted by Gasteiger charge is -2.07. The lowest BCUT2D eigenvalue weighted by molar-refractivity contribution is 0.0950. The Morgan fingerprint density at radius 1 is 1.53 bits per heavy atom. The second-order valence-electron chi connectivity index (χ2n) is 3.97. The summed E-state index contributed by atoms with van der Waals surface area (Å²) in [5.74, 6) is -0.160. The van der Waals surface area contributed by atoms with Crippen LogP contribution in [0.1, 0.15) is 27.2 Å². The van der Waals surface area contributed by atoms with Crippen LogP contribution in [0, 0.1) is 0 Å². The van der Waals surface area contributed by atoms with Gasteiger partial charge in [-0.25, -0.2) is 4.98 Å². The number of thiazole rings is 1. The zero-order valence-corrected chi connectivity index (χ0v) is 12.8. The quantitative estimate of drug-likeness (QED) is 0.841. The fourth-order valence-electron chi connectivity index (χ4n) is 1.57. The first-order chi connectivity index (χ1) is 9.11. The maximum absolute atomic E-state index is 12.0. The summed E-state index contributed by atoms with van der Waals surface area (Å²) in [5, 5.41) is 3.75. The number of aryl methyl sites for hydroxylation is 1. The first-order valence-electron chi connectivity index (χ1n) is 5.87. The number of halogens is 1. The monoisotopic (exact) mass is 339 g/mol. The first-order valence-corrected chi connectivity index (χ1v) is 7.48. The number of aromatic nitrogens is 1. The van der Waals surface area contributed by atoms with Gasteiger partial charge in [-0.2, -0.15) is 0 Å². The van der Waals surface area contributed by atoms with Gasteiger partial charge in [-0.05, 0) is 34.5 Å². The Hall–Kier alpha value is -1.40. The number of nitrogens with zero attached hydrogens (tertiary/aromatic N) is 1. The molecule has 0 atom stereocenters. The Bertz CT molecular complexity index is 597. The Morgan fingerprint density at radius 3 is 3.00 bits per heavy atom. The molecule has 0 fully saturated rings. The molecule has 0 aliphatic rings. The van der Waals surface area contributed by atoms with E-state index in [9.17, 15) is 4.79 Å². The van der Waals surface area contributed by atoms with Crippen LogP contribution in [0.3, 0.4) is 0 Å². The number of rotatable bonds is 4. The van der Waals surface area contributed by atoms with Crippen LogP contribution in [0.2, 0.25) is 0 Å². The van der Waals surface area contributed by atoms with Crippen LogP contribution in [-0.2, 0) is 13.0 Å². The predicted molar refractivity (Wildman–Crippen MR) is 81.2 cm³/mol. The molecule has 1 aromatic heterocycles. The Kier molecular flexibility index (Phi) is 4.55. The van der Waals surface area contributed by atoms with Crippen molar-refractivity contribution in [3.8, 4) is 0 Å². The number of hydrogen-bond acceptors (Lipinski definition) is 4. The summed E-state index contributed by atoms with van der Waals surface area (Å²) in [6.45, 7) is 2.52. The molecule has 1 aromatic carbocycles. The minimum absolute atomic E-state index is 0.160. The van der Waals surface area contributed by atoms with Crippen molar-refractivity contribution in [3.05, 3.63) is 44.3 Å². The number of nitrogen functional groups attached to an aromatic ring is 1. The molecule has 0 unspecified atom stereocenters. The molecule has 100 valence electrons. The van der Waals surface area contributed by atoms with Crippen LogP contribution in [0.15, 0.2) is 28.9 Å². The summed E-state index contributed by atoms with van der Waals surface area (Å²) in [5.41, 5.74) is 6.84. The van der Waals surface area contributed by atoms with Gasteiger partial charge >= 0.3 is 0 Å². The van der Waals surface area contributed by atoms with Gasteiger partial charge in [0.05, 0.1) is 16.6 Å². The molecule has 1 amide bonds. The number of nitrogens with two attached hydrogens (primary N) is 1. The number of benzene rings is 1. The van der Waals surface area contributed by atoms with Crippen molar-refractivity contribution in [2.24, 2.45) is 0 Å². The molecule has 1 heterocycles. The third-order valence-corrected chi connectivity index (χ3v) is 4.65. The predicted octanol–water partition coefficient (Wildman–Crippen LogP) is 2.98. The van der Waals surface area contributed by atoms with Crippen LogP contribution in [0.5, 0.6) is 0 Å². The first kappa shape index (κ1) is 14.0. The van der Waals surface area contributed by atoms with Crippen LogP contribution in [0.4, 0.5) is 5.69 Å². The summed E-state index contributed by atoms with van der Waals surface area (Å²) in [4.78, 5) is 17.5. The largest absolute Gasteiger partial charge is 0.398 e. The van der Waals surface area contributed by atoms with Gasteiger partial charge in [0.25, 0.3) is 5.91 Å². The van der Waals surface area contributed by atoms with Crippen molar-refractivity contribution in [2.75, 3.05) is 5.73 Å². The normalized spacial score (nSPS) is 10.4. The molecule has 3 N–H and O–H groups in total. The highest BCUT2D eigenvalue weighted by Crippen LogP contribution is 2.23. The highest BCUT2D eigenvalue weighted by atomic mass is 79.9. The highest BCUT2D eigenvalue weighted by Gasteiger charge is 2.12. The van der Waals surface area contributed by atoms with E-state index >= 15 is 0 Å². The summed E-state index contributed by atoms with van der Waals surface area (Å²) in [6.07, 6.45) is 2.81. The van der Waals surface area contributed by atoms with Gasteiger partial charge in [0, 0.05) is 16.8 Å². The van der Waals surface area contributed by atoms with Crippen LogP contribution in [0.25, 0.3) is 0 Å². The van der Waals surface area contributed by atoms with E-state index in [4.69, 9.17) is 5.73 Å². The molecule has 2 rings (SSSR count). The van der Waals surface area contributed by atoms with Crippen molar-refractivity contribution in [2.45, 2.75) is 19.9 Å². The SMILES string of the molecule is CCc1cnc(CNC(=O)c2cccc(N)c2Br)s1. The topological polar surface area (TPSA) is 68.0 Å². The van der Waals surface area contributed by atoms with Gasteiger partial charge in [0.15, 0.2) is 0 Å². The molecule has 2 aromatic rings. The Labute approximate surface area is 124 Å².